The summed E-state index contributed by atoms with van der Waals surface area (Å²) in [5.41, 5.74) is 3.09. The molecule has 0 saturated heterocycles. The first-order chi connectivity index (χ1) is 11.8. The van der Waals surface area contributed by atoms with Gasteiger partial charge in [-0.2, -0.15) is 5.10 Å². The van der Waals surface area contributed by atoms with Gasteiger partial charge in [-0.3, -0.25) is 9.78 Å². The quantitative estimate of drug-likeness (QED) is 0.937. The largest absolute Gasteiger partial charge is 0.382 e. The Kier molecular flexibility index (Phi) is 4.30. The lowest BCUT2D eigenvalue weighted by Gasteiger charge is -2.30. The lowest BCUT2D eigenvalue weighted by molar-refractivity contribution is 0.107. The molecule has 24 heavy (non-hydrogen) atoms. The van der Waals surface area contributed by atoms with Crippen molar-refractivity contribution < 1.29 is 4.74 Å². The van der Waals surface area contributed by atoms with Crippen LogP contribution in [-0.2, 0) is 17.8 Å². The Bertz CT molecular complexity index is 751. The average molecular weight is 326 g/mol. The van der Waals surface area contributed by atoms with Crippen LogP contribution in [-0.4, -0.2) is 27.4 Å². The number of anilines is 1. The Morgan fingerprint density at radius 2 is 1.96 bits per heavy atom. The van der Waals surface area contributed by atoms with Crippen molar-refractivity contribution in [2.75, 3.05) is 11.9 Å². The lowest BCUT2D eigenvalue weighted by Crippen LogP contribution is -2.35. The molecule has 2 aromatic rings. The smallest absolute Gasteiger partial charge is 0.267 e. The van der Waals surface area contributed by atoms with Gasteiger partial charge in [-0.1, -0.05) is 0 Å². The summed E-state index contributed by atoms with van der Waals surface area (Å²) < 4.78 is 7.12. The minimum absolute atomic E-state index is 0.00444. The molecule has 0 amide bonds. The second-order valence-corrected chi connectivity index (χ2v) is 6.59. The third kappa shape index (κ3) is 3.19. The maximum atomic E-state index is 12.4. The van der Waals surface area contributed by atoms with E-state index in [1.165, 1.54) is 0 Å². The van der Waals surface area contributed by atoms with Crippen LogP contribution in [0.1, 0.15) is 43.0 Å². The van der Waals surface area contributed by atoms with E-state index < -0.39 is 0 Å². The summed E-state index contributed by atoms with van der Waals surface area (Å²) in [5.74, 6) is 0. The minimum Gasteiger partial charge on any atom is -0.382 e. The van der Waals surface area contributed by atoms with Crippen LogP contribution in [0.2, 0.25) is 0 Å². The molecule has 1 N–H and O–H groups in total. The predicted molar refractivity (Wildman–Crippen MR) is 91.0 cm³/mol. The summed E-state index contributed by atoms with van der Waals surface area (Å²) in [6.45, 7) is 1.21. The van der Waals surface area contributed by atoms with Crippen molar-refractivity contribution in [1.82, 2.24) is 14.8 Å². The molecule has 0 aromatic carbocycles. The molecule has 6 nitrogen and oxygen atoms in total. The fourth-order valence-corrected chi connectivity index (χ4v) is 3.64. The number of pyridine rings is 1. The number of nitrogens with one attached hydrogen (secondary N) is 1. The van der Waals surface area contributed by atoms with Gasteiger partial charge in [0.05, 0.1) is 24.9 Å². The fraction of sp³-hybridized carbons (Fsp3) is 0.500. The van der Waals surface area contributed by atoms with E-state index in [4.69, 9.17) is 4.74 Å². The van der Waals surface area contributed by atoms with Crippen LogP contribution in [0.15, 0.2) is 35.4 Å². The zero-order valence-electron chi connectivity index (χ0n) is 13.6. The molecule has 1 aliphatic heterocycles. The fourth-order valence-electron chi connectivity index (χ4n) is 3.64. The van der Waals surface area contributed by atoms with E-state index in [-0.39, 0.29) is 11.6 Å². The second kappa shape index (κ2) is 6.73. The van der Waals surface area contributed by atoms with Gasteiger partial charge in [-0.25, -0.2) is 4.68 Å². The molecule has 2 aromatic heterocycles. The number of fused-ring (bicyclic) bond motifs is 1. The van der Waals surface area contributed by atoms with Crippen molar-refractivity contribution in [3.05, 3.63) is 52.2 Å². The SMILES string of the molecule is O=c1cc2c(nn1C1CCC(Nc3ccncc3)CC1)CCOC2. The standard InChI is InChI=1S/C18H22N4O2/c23-18-11-13-12-24-10-7-17(13)21-22(18)16-3-1-14(2-4-16)20-15-5-8-19-9-6-15/h5-6,8-9,11,14,16H,1-4,7,10,12H2,(H,19,20). The van der Waals surface area contributed by atoms with Gasteiger partial charge in [-0.15, -0.1) is 0 Å². The Hall–Kier alpha value is -2.21. The maximum Gasteiger partial charge on any atom is 0.267 e. The normalized spacial score (nSPS) is 23.5. The Morgan fingerprint density at radius 3 is 2.75 bits per heavy atom. The Morgan fingerprint density at radius 1 is 1.17 bits per heavy atom. The van der Waals surface area contributed by atoms with Crippen LogP contribution in [0.4, 0.5) is 5.69 Å². The van der Waals surface area contributed by atoms with Gasteiger partial charge in [0.1, 0.15) is 0 Å². The molecule has 0 bridgehead atoms. The molecule has 1 saturated carbocycles. The Balaban J connectivity index is 1.43. The molecule has 3 heterocycles. The van der Waals surface area contributed by atoms with Crippen LogP contribution in [0, 0.1) is 0 Å². The van der Waals surface area contributed by atoms with Crippen LogP contribution in [0.5, 0.6) is 0 Å². The first-order valence-electron chi connectivity index (χ1n) is 8.65. The molecule has 2 aliphatic rings. The highest BCUT2D eigenvalue weighted by molar-refractivity contribution is 5.41. The van der Waals surface area contributed by atoms with Gasteiger partial charge < -0.3 is 10.1 Å². The van der Waals surface area contributed by atoms with Crippen molar-refractivity contribution in [1.29, 1.82) is 0 Å². The highest BCUT2D eigenvalue weighted by atomic mass is 16.5. The van der Waals surface area contributed by atoms with Crippen molar-refractivity contribution in [2.45, 2.75) is 50.8 Å². The summed E-state index contributed by atoms with van der Waals surface area (Å²) in [5, 5.41) is 8.19. The van der Waals surface area contributed by atoms with E-state index in [2.05, 4.69) is 15.4 Å². The van der Waals surface area contributed by atoms with Crippen LogP contribution >= 0.6 is 0 Å². The third-order valence-corrected chi connectivity index (χ3v) is 4.96. The van der Waals surface area contributed by atoms with Gasteiger partial charge in [0.25, 0.3) is 5.56 Å². The topological polar surface area (TPSA) is 69.0 Å². The van der Waals surface area contributed by atoms with Gasteiger partial charge in [0, 0.05) is 42.2 Å². The number of aromatic nitrogens is 3. The molecule has 6 heteroatoms. The second-order valence-electron chi connectivity index (χ2n) is 6.59. The summed E-state index contributed by atoms with van der Waals surface area (Å²) in [6.07, 6.45) is 8.44. The summed E-state index contributed by atoms with van der Waals surface area (Å²) in [6, 6.07) is 6.35. The molecule has 1 fully saturated rings. The van der Waals surface area contributed by atoms with Crippen molar-refractivity contribution in [2.24, 2.45) is 0 Å². The monoisotopic (exact) mass is 326 g/mol. The number of nitrogens with zero attached hydrogens (tertiary/aromatic N) is 3. The lowest BCUT2D eigenvalue weighted by atomic mass is 9.91. The number of hydrogen-bond acceptors (Lipinski definition) is 5. The van der Waals surface area contributed by atoms with Gasteiger partial charge in [0.15, 0.2) is 0 Å². The number of hydrogen-bond donors (Lipinski definition) is 1. The Labute approximate surface area is 140 Å². The van der Waals surface area contributed by atoms with Crippen LogP contribution < -0.4 is 10.9 Å². The zero-order valence-corrected chi connectivity index (χ0v) is 13.6. The highest BCUT2D eigenvalue weighted by Crippen LogP contribution is 2.29. The number of ether oxygens (including phenoxy) is 1. The summed E-state index contributed by atoms with van der Waals surface area (Å²) in [7, 11) is 0. The van der Waals surface area contributed by atoms with E-state index in [9.17, 15) is 4.79 Å². The first kappa shape index (κ1) is 15.3. The molecule has 4 rings (SSSR count). The summed E-state index contributed by atoms with van der Waals surface area (Å²) in [4.78, 5) is 16.4. The van der Waals surface area contributed by atoms with Crippen molar-refractivity contribution in [3.8, 4) is 0 Å². The average Bonchev–Trinajstić information content (AvgIpc) is 2.63. The maximum absolute atomic E-state index is 12.4. The van der Waals surface area contributed by atoms with Crippen molar-refractivity contribution in [3.63, 3.8) is 0 Å². The molecule has 1 aliphatic carbocycles. The number of rotatable bonds is 3. The van der Waals surface area contributed by atoms with E-state index in [1.807, 2.05) is 12.1 Å². The van der Waals surface area contributed by atoms with Crippen LogP contribution in [0.25, 0.3) is 0 Å². The molecular weight excluding hydrogens is 304 g/mol. The van der Waals surface area contributed by atoms with E-state index >= 15 is 0 Å². The molecule has 0 atom stereocenters. The van der Waals surface area contributed by atoms with E-state index in [1.54, 1.807) is 23.1 Å². The van der Waals surface area contributed by atoms with Crippen LogP contribution in [0.3, 0.4) is 0 Å². The molecular formula is C18H22N4O2. The molecule has 0 unspecified atom stereocenters. The van der Waals surface area contributed by atoms with Gasteiger partial charge in [0.2, 0.25) is 0 Å². The molecule has 0 spiro atoms. The molecule has 0 radical (unpaired) electrons. The zero-order chi connectivity index (χ0) is 16.4. The third-order valence-electron chi connectivity index (χ3n) is 4.96. The van der Waals surface area contributed by atoms with E-state index in [0.717, 1.165) is 49.0 Å². The first-order valence-corrected chi connectivity index (χ1v) is 8.65. The van der Waals surface area contributed by atoms with E-state index in [0.29, 0.717) is 19.3 Å². The minimum atomic E-state index is 0.00444. The highest BCUT2D eigenvalue weighted by Gasteiger charge is 2.25. The summed E-state index contributed by atoms with van der Waals surface area (Å²) >= 11 is 0. The van der Waals surface area contributed by atoms with Crippen molar-refractivity contribution >= 4 is 5.69 Å². The predicted octanol–water partition coefficient (Wildman–Crippen LogP) is 2.31. The van der Waals surface area contributed by atoms with Gasteiger partial charge in [-0.05, 0) is 37.8 Å². The molecule has 126 valence electrons. The van der Waals surface area contributed by atoms with Gasteiger partial charge >= 0.3 is 0 Å².